The summed E-state index contributed by atoms with van der Waals surface area (Å²) in [6, 6.07) is 15.8. The fraction of sp³-hybridized carbons (Fsp3) is 0.379. The van der Waals surface area contributed by atoms with Crippen LogP contribution in [0.4, 0.5) is 10.7 Å². The Kier molecular flexibility index (Phi) is 7.22. The highest BCUT2D eigenvalue weighted by molar-refractivity contribution is 7.16. The maximum Gasteiger partial charge on any atom is 0.259 e. The Morgan fingerprint density at radius 3 is 2.62 bits per heavy atom. The molecule has 2 aromatic carbocycles. The molecule has 1 atom stereocenters. The number of fused-ring (bicyclic) bond motifs is 1. The molecule has 0 saturated carbocycles. The molecule has 4 nitrogen and oxygen atoms in total. The van der Waals surface area contributed by atoms with E-state index in [4.69, 9.17) is 9.73 Å². The smallest absolute Gasteiger partial charge is 0.259 e. The molecule has 1 N–H and O–H groups in total. The van der Waals surface area contributed by atoms with Gasteiger partial charge in [-0.05, 0) is 74.3 Å². The van der Waals surface area contributed by atoms with E-state index in [0.717, 1.165) is 52.4 Å². The van der Waals surface area contributed by atoms with Crippen molar-refractivity contribution in [3.8, 4) is 5.75 Å². The van der Waals surface area contributed by atoms with E-state index in [-0.39, 0.29) is 11.3 Å². The second-order valence-electron chi connectivity index (χ2n) is 10.0. The summed E-state index contributed by atoms with van der Waals surface area (Å²) in [7, 11) is 0. The first kappa shape index (κ1) is 24.2. The summed E-state index contributed by atoms with van der Waals surface area (Å²) in [5.74, 6) is 1.32. The number of carbonyl (C=O) groups excluding carboxylic acids is 1. The number of benzene rings is 2. The van der Waals surface area contributed by atoms with Crippen molar-refractivity contribution in [3.05, 3.63) is 75.7 Å². The monoisotopic (exact) mass is 474 g/mol. The molecule has 0 bridgehead atoms. The van der Waals surface area contributed by atoms with Gasteiger partial charge in [0, 0.05) is 22.3 Å². The molecule has 5 heteroatoms. The second-order valence-corrected chi connectivity index (χ2v) is 11.1. The lowest BCUT2D eigenvalue weighted by Crippen LogP contribution is -2.27. The van der Waals surface area contributed by atoms with Crippen molar-refractivity contribution in [2.45, 2.75) is 53.9 Å². The summed E-state index contributed by atoms with van der Waals surface area (Å²) in [6.45, 7) is 11.5. The summed E-state index contributed by atoms with van der Waals surface area (Å²) in [4.78, 5) is 19.6. The molecule has 0 aliphatic heterocycles. The number of ether oxygens (including phenoxy) is 1. The number of amides is 1. The van der Waals surface area contributed by atoms with Gasteiger partial charge < -0.3 is 10.1 Å². The number of aliphatic imine (C=N–C) groups is 1. The number of aryl methyl sites for hydroxylation is 1. The summed E-state index contributed by atoms with van der Waals surface area (Å²) in [6.07, 6.45) is 4.83. The van der Waals surface area contributed by atoms with Gasteiger partial charge in [-0.1, -0.05) is 50.6 Å². The van der Waals surface area contributed by atoms with Crippen molar-refractivity contribution in [2.24, 2.45) is 16.3 Å². The minimum Gasteiger partial charge on any atom is -0.493 e. The molecule has 1 aromatic heterocycles. The zero-order valence-corrected chi connectivity index (χ0v) is 21.6. The zero-order chi connectivity index (χ0) is 24.3. The normalized spacial score (nSPS) is 15.9. The molecule has 0 fully saturated rings. The van der Waals surface area contributed by atoms with Gasteiger partial charge in [-0.25, -0.2) is 4.99 Å². The molecule has 0 spiro atoms. The number of hydrogen-bond donors (Lipinski definition) is 1. The lowest BCUT2D eigenvalue weighted by Gasteiger charge is -2.33. The summed E-state index contributed by atoms with van der Waals surface area (Å²) >= 11 is 1.66. The highest BCUT2D eigenvalue weighted by atomic mass is 32.1. The van der Waals surface area contributed by atoms with E-state index in [0.29, 0.717) is 12.5 Å². The van der Waals surface area contributed by atoms with Gasteiger partial charge in [-0.3, -0.25) is 4.79 Å². The molecule has 0 saturated heterocycles. The first-order chi connectivity index (χ1) is 16.3. The SMILES string of the molecule is CCOc1ccccc1/C=N/c1sc2c(c1C(=O)Nc1ccc(C)cc1)CCC(C(C)(C)C)C2. The van der Waals surface area contributed by atoms with Crippen molar-refractivity contribution in [3.63, 3.8) is 0 Å². The van der Waals surface area contributed by atoms with Gasteiger partial charge in [0.15, 0.2) is 0 Å². The number of nitrogens with one attached hydrogen (secondary N) is 1. The Hall–Kier alpha value is -2.92. The Balaban J connectivity index is 1.71. The number of anilines is 1. The average molecular weight is 475 g/mol. The first-order valence-corrected chi connectivity index (χ1v) is 12.9. The third-order valence-electron chi connectivity index (χ3n) is 6.55. The van der Waals surface area contributed by atoms with Crippen LogP contribution in [0.5, 0.6) is 5.75 Å². The van der Waals surface area contributed by atoms with E-state index in [9.17, 15) is 4.79 Å². The number of nitrogens with zero attached hydrogens (tertiary/aromatic N) is 1. The van der Waals surface area contributed by atoms with Crippen molar-refractivity contribution in [1.29, 1.82) is 0 Å². The van der Waals surface area contributed by atoms with Crippen LogP contribution < -0.4 is 10.1 Å². The quantitative estimate of drug-likeness (QED) is 0.374. The average Bonchev–Trinajstić information content (AvgIpc) is 3.17. The Morgan fingerprint density at radius 2 is 1.91 bits per heavy atom. The van der Waals surface area contributed by atoms with E-state index in [1.807, 2.05) is 68.6 Å². The van der Waals surface area contributed by atoms with Crippen LogP contribution in [0.2, 0.25) is 0 Å². The van der Waals surface area contributed by atoms with Crippen LogP contribution in [0.1, 0.15) is 66.0 Å². The summed E-state index contributed by atoms with van der Waals surface area (Å²) in [5, 5.41) is 3.88. The fourth-order valence-corrected chi connectivity index (χ4v) is 5.74. The lowest BCUT2D eigenvalue weighted by molar-refractivity contribution is 0.102. The predicted molar refractivity (Wildman–Crippen MR) is 143 cm³/mol. The van der Waals surface area contributed by atoms with Crippen LogP contribution in [0, 0.1) is 18.3 Å². The van der Waals surface area contributed by atoms with Crippen LogP contribution in [0.15, 0.2) is 53.5 Å². The molecule has 4 rings (SSSR count). The van der Waals surface area contributed by atoms with Gasteiger partial charge >= 0.3 is 0 Å². The number of hydrogen-bond acceptors (Lipinski definition) is 4. The maximum absolute atomic E-state index is 13.5. The maximum atomic E-state index is 13.5. The molecule has 34 heavy (non-hydrogen) atoms. The minimum absolute atomic E-state index is 0.0826. The van der Waals surface area contributed by atoms with E-state index in [1.165, 1.54) is 10.4 Å². The highest BCUT2D eigenvalue weighted by Gasteiger charge is 2.33. The zero-order valence-electron chi connectivity index (χ0n) is 20.8. The van der Waals surface area contributed by atoms with Crippen molar-refractivity contribution in [1.82, 2.24) is 0 Å². The van der Waals surface area contributed by atoms with Crippen molar-refractivity contribution in [2.75, 3.05) is 11.9 Å². The summed E-state index contributed by atoms with van der Waals surface area (Å²) in [5.41, 5.74) is 5.01. The molecular weight excluding hydrogens is 440 g/mol. The van der Waals surface area contributed by atoms with Gasteiger partial charge in [0.1, 0.15) is 10.8 Å². The molecule has 1 unspecified atom stereocenters. The topological polar surface area (TPSA) is 50.7 Å². The fourth-order valence-electron chi connectivity index (χ4n) is 4.47. The van der Waals surface area contributed by atoms with E-state index in [1.54, 1.807) is 11.3 Å². The molecule has 1 aliphatic carbocycles. The van der Waals surface area contributed by atoms with Crippen LogP contribution in [-0.2, 0) is 12.8 Å². The first-order valence-electron chi connectivity index (χ1n) is 12.0. The van der Waals surface area contributed by atoms with E-state index < -0.39 is 0 Å². The molecular formula is C29H34N2O2S. The van der Waals surface area contributed by atoms with Gasteiger partial charge in [0.2, 0.25) is 0 Å². The number of para-hydroxylation sites is 1. The van der Waals surface area contributed by atoms with Gasteiger partial charge in [-0.2, -0.15) is 0 Å². The molecule has 178 valence electrons. The molecule has 3 aromatic rings. The van der Waals surface area contributed by atoms with Gasteiger partial charge in [0.05, 0.1) is 12.2 Å². The number of rotatable bonds is 6. The minimum atomic E-state index is -0.0826. The van der Waals surface area contributed by atoms with Crippen LogP contribution >= 0.6 is 11.3 Å². The molecule has 1 heterocycles. The van der Waals surface area contributed by atoms with E-state index in [2.05, 4.69) is 26.1 Å². The van der Waals surface area contributed by atoms with E-state index >= 15 is 0 Å². The third kappa shape index (κ3) is 5.41. The van der Waals surface area contributed by atoms with Crippen molar-refractivity contribution < 1.29 is 9.53 Å². The van der Waals surface area contributed by atoms with Crippen molar-refractivity contribution >= 4 is 34.1 Å². The Morgan fingerprint density at radius 1 is 1.18 bits per heavy atom. The number of carbonyl (C=O) groups is 1. The van der Waals surface area contributed by atoms with Crippen LogP contribution in [0.25, 0.3) is 0 Å². The number of thiophene rings is 1. The predicted octanol–water partition coefficient (Wildman–Crippen LogP) is 7.61. The lowest BCUT2D eigenvalue weighted by atomic mass is 9.72. The Labute approximate surface area is 207 Å². The highest BCUT2D eigenvalue weighted by Crippen LogP contribution is 2.45. The standard InChI is InChI=1S/C29H34N2O2S/c1-6-33-24-10-8-7-9-20(24)18-30-28-26(27(32)31-22-14-11-19(2)12-15-22)23-16-13-21(29(3,4)5)17-25(23)34-28/h7-12,14-15,18,21H,6,13,16-17H2,1-5H3,(H,31,32)/b30-18+. The van der Waals surface area contributed by atoms with Crippen LogP contribution in [0.3, 0.4) is 0 Å². The molecule has 1 amide bonds. The van der Waals surface area contributed by atoms with Gasteiger partial charge in [0.25, 0.3) is 5.91 Å². The molecule has 1 aliphatic rings. The second kappa shape index (κ2) is 10.1. The Bertz CT molecular complexity index is 1190. The largest absolute Gasteiger partial charge is 0.493 e. The van der Waals surface area contributed by atoms with Gasteiger partial charge in [-0.15, -0.1) is 11.3 Å². The third-order valence-corrected chi connectivity index (χ3v) is 7.71. The molecule has 0 radical (unpaired) electrons. The van der Waals surface area contributed by atoms with Crippen LogP contribution in [-0.4, -0.2) is 18.7 Å². The summed E-state index contributed by atoms with van der Waals surface area (Å²) < 4.78 is 5.76.